The molecule has 1 heterocycles. The summed E-state index contributed by atoms with van der Waals surface area (Å²) in [6.07, 6.45) is -3.24. The molecule has 0 aromatic heterocycles. The van der Waals surface area contributed by atoms with E-state index < -0.39 is 30.6 Å². The van der Waals surface area contributed by atoms with Gasteiger partial charge in [0.2, 0.25) is 5.91 Å². The van der Waals surface area contributed by atoms with Gasteiger partial charge in [-0.15, -0.1) is 0 Å². The summed E-state index contributed by atoms with van der Waals surface area (Å²) in [5.74, 6) is -1.64. The molecule has 0 aromatic carbocycles. The van der Waals surface area contributed by atoms with E-state index in [-0.39, 0.29) is 38.3 Å². The second-order valence-corrected chi connectivity index (χ2v) is 6.58. The molecule has 0 bridgehead atoms. The molecule has 11 heteroatoms. The first-order valence-electron chi connectivity index (χ1n) is 8.45. The van der Waals surface area contributed by atoms with Gasteiger partial charge in [-0.2, -0.15) is 13.2 Å². The van der Waals surface area contributed by atoms with E-state index >= 15 is 0 Å². The molecule has 0 atom stereocenters. The van der Waals surface area contributed by atoms with Crippen LogP contribution in [0.4, 0.5) is 18.0 Å². The van der Waals surface area contributed by atoms with Crippen LogP contribution >= 0.6 is 0 Å². The minimum Gasteiger partial charge on any atom is -0.480 e. The van der Waals surface area contributed by atoms with Crippen molar-refractivity contribution in [3.05, 3.63) is 0 Å². The number of piperazine rings is 1. The molecule has 8 nitrogen and oxygen atoms in total. The van der Waals surface area contributed by atoms with Crippen molar-refractivity contribution in [1.82, 2.24) is 20.0 Å². The van der Waals surface area contributed by atoms with E-state index in [1.54, 1.807) is 0 Å². The molecular weight excluding hydrogens is 357 g/mol. The third kappa shape index (κ3) is 5.48. The minimum atomic E-state index is -4.46. The molecule has 2 rings (SSSR count). The topological polar surface area (TPSA) is 93.2 Å². The van der Waals surface area contributed by atoms with Crippen LogP contribution in [0.2, 0.25) is 0 Å². The number of alkyl halides is 3. The monoisotopic (exact) mass is 380 g/mol. The maximum absolute atomic E-state index is 12.4. The second kappa shape index (κ2) is 8.11. The first kappa shape index (κ1) is 20.3. The van der Waals surface area contributed by atoms with Crippen LogP contribution in [-0.4, -0.2) is 95.2 Å². The molecule has 0 unspecified atom stereocenters. The maximum atomic E-state index is 12.4. The van der Waals surface area contributed by atoms with E-state index in [1.165, 1.54) is 4.90 Å². The zero-order valence-electron chi connectivity index (χ0n) is 14.5. The van der Waals surface area contributed by atoms with Gasteiger partial charge in [-0.3, -0.25) is 14.5 Å². The van der Waals surface area contributed by atoms with Gasteiger partial charge < -0.3 is 20.2 Å². The van der Waals surface area contributed by atoms with E-state index in [0.29, 0.717) is 24.3 Å². The van der Waals surface area contributed by atoms with E-state index in [1.807, 2.05) is 11.8 Å². The van der Waals surface area contributed by atoms with Crippen molar-refractivity contribution < 1.29 is 32.7 Å². The Morgan fingerprint density at radius 1 is 1.31 bits per heavy atom. The molecular formula is C15H23F3N4O4. The highest BCUT2D eigenvalue weighted by Crippen LogP contribution is 2.26. The summed E-state index contributed by atoms with van der Waals surface area (Å²) in [5.41, 5.74) is 0. The summed E-state index contributed by atoms with van der Waals surface area (Å²) < 4.78 is 37.1. The molecule has 0 aromatic rings. The number of nitrogens with one attached hydrogen (secondary N) is 1. The molecule has 26 heavy (non-hydrogen) atoms. The van der Waals surface area contributed by atoms with Crippen LogP contribution in [0, 0.1) is 0 Å². The Labute approximate surface area is 148 Å². The number of carboxylic acid groups (broad SMARTS) is 1. The zero-order chi connectivity index (χ0) is 19.5. The number of amides is 3. The molecule has 0 spiro atoms. The summed E-state index contributed by atoms with van der Waals surface area (Å²) in [5, 5.41) is 11.6. The van der Waals surface area contributed by atoms with Gasteiger partial charge in [0.15, 0.2) is 0 Å². The fourth-order valence-electron chi connectivity index (χ4n) is 3.21. The van der Waals surface area contributed by atoms with Crippen LogP contribution in [0.15, 0.2) is 0 Å². The van der Waals surface area contributed by atoms with Gasteiger partial charge in [-0.25, -0.2) is 4.79 Å². The fourth-order valence-corrected chi connectivity index (χ4v) is 3.21. The Morgan fingerprint density at radius 2 is 1.96 bits per heavy atom. The van der Waals surface area contributed by atoms with Crippen LogP contribution in [0.1, 0.15) is 19.8 Å². The number of hydrogen-bond acceptors (Lipinski definition) is 4. The Balaban J connectivity index is 1.75. The number of rotatable bonds is 6. The Hall–Kier alpha value is -2.04. The molecule has 2 aliphatic rings. The largest absolute Gasteiger partial charge is 0.480 e. The van der Waals surface area contributed by atoms with Crippen molar-refractivity contribution in [2.24, 2.45) is 0 Å². The summed E-state index contributed by atoms with van der Waals surface area (Å²) in [4.78, 5) is 38.5. The first-order chi connectivity index (χ1) is 12.1. The lowest BCUT2D eigenvalue weighted by Gasteiger charge is -2.43. The van der Waals surface area contributed by atoms with E-state index in [4.69, 9.17) is 5.11 Å². The Morgan fingerprint density at radius 3 is 2.46 bits per heavy atom. The van der Waals surface area contributed by atoms with E-state index in [0.717, 1.165) is 0 Å². The average Bonchev–Trinajstić information content (AvgIpc) is 2.48. The fraction of sp³-hybridized carbons (Fsp3) is 0.800. The van der Waals surface area contributed by atoms with Crippen molar-refractivity contribution in [3.63, 3.8) is 0 Å². The third-order valence-electron chi connectivity index (χ3n) is 4.68. The normalized spacial score (nSPS) is 23.8. The van der Waals surface area contributed by atoms with Gasteiger partial charge in [0.05, 0.1) is 6.54 Å². The highest BCUT2D eigenvalue weighted by Gasteiger charge is 2.38. The molecule has 1 saturated heterocycles. The predicted octanol–water partition coefficient (Wildman–Crippen LogP) is 0.340. The van der Waals surface area contributed by atoms with E-state index in [2.05, 4.69) is 5.32 Å². The summed E-state index contributed by atoms with van der Waals surface area (Å²) in [7, 11) is 0. The SMILES string of the molecule is CCN(CC(=O)O)C1CC(NC(=O)N2CCN(CC(F)(F)F)C(=O)C2)C1. The smallest absolute Gasteiger partial charge is 0.406 e. The molecule has 1 aliphatic heterocycles. The molecule has 148 valence electrons. The highest BCUT2D eigenvalue weighted by molar-refractivity contribution is 5.85. The van der Waals surface area contributed by atoms with Gasteiger partial charge >= 0.3 is 18.2 Å². The van der Waals surface area contributed by atoms with Crippen LogP contribution in [0.3, 0.4) is 0 Å². The third-order valence-corrected chi connectivity index (χ3v) is 4.68. The number of hydrogen-bond donors (Lipinski definition) is 2. The van der Waals surface area contributed by atoms with Gasteiger partial charge in [0.1, 0.15) is 13.1 Å². The van der Waals surface area contributed by atoms with Crippen LogP contribution < -0.4 is 5.32 Å². The predicted molar refractivity (Wildman–Crippen MR) is 84.4 cm³/mol. The Bertz CT molecular complexity index is 551. The summed E-state index contributed by atoms with van der Waals surface area (Å²) >= 11 is 0. The van der Waals surface area contributed by atoms with Crippen molar-refractivity contribution >= 4 is 17.9 Å². The van der Waals surface area contributed by atoms with E-state index in [9.17, 15) is 27.6 Å². The highest BCUT2D eigenvalue weighted by atomic mass is 19.4. The molecule has 1 saturated carbocycles. The number of carbonyl (C=O) groups excluding carboxylic acids is 2. The molecule has 3 amide bonds. The van der Waals surface area contributed by atoms with Crippen molar-refractivity contribution in [2.75, 3.05) is 39.3 Å². The number of halogens is 3. The second-order valence-electron chi connectivity index (χ2n) is 6.58. The average molecular weight is 380 g/mol. The summed E-state index contributed by atoms with van der Waals surface area (Å²) in [6, 6.07) is -0.528. The van der Waals surface area contributed by atoms with Crippen molar-refractivity contribution in [3.8, 4) is 0 Å². The molecule has 0 radical (unpaired) electrons. The van der Waals surface area contributed by atoms with Crippen molar-refractivity contribution in [2.45, 2.75) is 38.0 Å². The van der Waals surface area contributed by atoms with Crippen LogP contribution in [0.25, 0.3) is 0 Å². The van der Waals surface area contributed by atoms with Crippen LogP contribution in [0.5, 0.6) is 0 Å². The number of nitrogens with zero attached hydrogens (tertiary/aromatic N) is 3. The van der Waals surface area contributed by atoms with Gasteiger partial charge in [-0.05, 0) is 19.4 Å². The molecule has 1 aliphatic carbocycles. The Kier molecular flexibility index (Phi) is 6.32. The minimum absolute atomic E-state index is 0.0455. The van der Waals surface area contributed by atoms with Gasteiger partial charge in [-0.1, -0.05) is 6.92 Å². The molecule has 2 fully saturated rings. The number of carboxylic acids is 1. The quantitative estimate of drug-likeness (QED) is 0.693. The zero-order valence-corrected chi connectivity index (χ0v) is 14.5. The summed E-state index contributed by atoms with van der Waals surface area (Å²) in [6.45, 7) is 0.608. The van der Waals surface area contributed by atoms with Crippen molar-refractivity contribution in [1.29, 1.82) is 0 Å². The van der Waals surface area contributed by atoms with Crippen LogP contribution in [-0.2, 0) is 9.59 Å². The number of carbonyl (C=O) groups is 3. The lowest BCUT2D eigenvalue weighted by molar-refractivity contribution is -0.164. The van der Waals surface area contributed by atoms with Gasteiger partial charge in [0, 0.05) is 25.2 Å². The maximum Gasteiger partial charge on any atom is 0.406 e. The lowest BCUT2D eigenvalue weighted by Crippen LogP contribution is -2.60. The number of likely N-dealkylation sites (N-methyl/N-ethyl adjacent to an activating group) is 1. The molecule has 2 N–H and O–H groups in total. The first-order valence-corrected chi connectivity index (χ1v) is 8.45. The van der Waals surface area contributed by atoms with Gasteiger partial charge in [0.25, 0.3) is 0 Å². The standard InChI is InChI=1S/C15H23F3N4O4/c1-2-20(8-13(24)25)11-5-10(6-11)19-14(26)21-3-4-22(12(23)7-21)9-15(16,17)18/h10-11H,2-9H2,1H3,(H,19,26)(H,24,25). The number of urea groups is 1. The lowest BCUT2D eigenvalue weighted by atomic mass is 9.85. The number of aliphatic carboxylic acids is 1.